The Labute approximate surface area is 406 Å². The molecule has 362 valence electrons. The summed E-state index contributed by atoms with van der Waals surface area (Å²) >= 11 is 0. The molecule has 0 spiro atoms. The standard InChI is InChI=1S/C58H64O11/c1-42(59)33-49-52(62-35-44-23-11-4-12-24-44)53(63-36-45-25-13-5-14-26-45)50(40-61-34-43-21-9-3-10-22-43)68-57(49)67-41-51-54(64-37-46-27-15-6-16-28-46)55(65-38-47-29-17-7-18-30-47)56(58(60-2)69-51)66-39-48-31-19-8-20-32-48/h3-32,49-58H,33-41H2,1-2H3/t49-,50-,51-,52-,53+,54-,55+,56-,57?,58+/m1/s1. The van der Waals surface area contributed by atoms with Crippen molar-refractivity contribution < 1.29 is 52.2 Å². The van der Waals surface area contributed by atoms with E-state index in [0.29, 0.717) is 19.8 Å². The van der Waals surface area contributed by atoms with Gasteiger partial charge in [-0.1, -0.05) is 182 Å². The first-order valence-corrected chi connectivity index (χ1v) is 23.8. The van der Waals surface area contributed by atoms with E-state index in [1.807, 2.05) is 182 Å². The van der Waals surface area contributed by atoms with Crippen molar-refractivity contribution in [2.45, 2.75) is 108 Å². The van der Waals surface area contributed by atoms with Gasteiger partial charge in [0.25, 0.3) is 0 Å². The van der Waals surface area contributed by atoms with Crippen LogP contribution >= 0.6 is 0 Å². The maximum absolute atomic E-state index is 13.3. The third-order valence-electron chi connectivity index (χ3n) is 12.4. The zero-order chi connectivity index (χ0) is 47.5. The second-order valence-electron chi connectivity index (χ2n) is 17.5. The van der Waals surface area contributed by atoms with Crippen molar-refractivity contribution in [3.63, 3.8) is 0 Å². The molecular weight excluding hydrogens is 873 g/mol. The summed E-state index contributed by atoms with van der Waals surface area (Å²) in [6.45, 7) is 3.49. The van der Waals surface area contributed by atoms with E-state index < -0.39 is 61.2 Å². The van der Waals surface area contributed by atoms with Crippen LogP contribution in [-0.2, 0) is 91.8 Å². The van der Waals surface area contributed by atoms with Crippen LogP contribution in [0.2, 0.25) is 0 Å². The fourth-order valence-electron chi connectivity index (χ4n) is 8.88. The minimum atomic E-state index is -0.952. The Hall–Kier alpha value is -5.41. The number of methoxy groups -OCH3 is 1. The molecule has 0 amide bonds. The second-order valence-corrected chi connectivity index (χ2v) is 17.5. The topological polar surface area (TPSA) is 109 Å². The maximum atomic E-state index is 13.3. The van der Waals surface area contributed by atoms with E-state index in [2.05, 4.69) is 0 Å². The first-order chi connectivity index (χ1) is 34.0. The molecule has 2 aliphatic rings. The molecule has 2 aliphatic heterocycles. The maximum Gasteiger partial charge on any atom is 0.186 e. The van der Waals surface area contributed by atoms with Gasteiger partial charge in [0.15, 0.2) is 12.6 Å². The molecule has 69 heavy (non-hydrogen) atoms. The van der Waals surface area contributed by atoms with Crippen LogP contribution in [-0.4, -0.2) is 81.4 Å². The van der Waals surface area contributed by atoms with Gasteiger partial charge in [-0.25, -0.2) is 0 Å². The number of hydrogen-bond acceptors (Lipinski definition) is 11. The number of Topliss-reactive ketones (excluding diaryl/α,β-unsaturated/α-hetero) is 1. The van der Waals surface area contributed by atoms with Gasteiger partial charge in [0.05, 0.1) is 59.0 Å². The number of carbonyl (C=O) groups is 1. The molecule has 0 saturated carbocycles. The van der Waals surface area contributed by atoms with Crippen LogP contribution in [0.15, 0.2) is 182 Å². The van der Waals surface area contributed by atoms with E-state index in [4.69, 9.17) is 47.4 Å². The monoisotopic (exact) mass is 936 g/mol. The highest BCUT2D eigenvalue weighted by Crippen LogP contribution is 2.37. The first-order valence-electron chi connectivity index (χ1n) is 23.8. The minimum Gasteiger partial charge on any atom is -0.374 e. The third kappa shape index (κ3) is 14.8. The SMILES string of the molecule is CO[C@H]1O[C@H](COC2O[C@H](COCc3ccccc3)[C@H](OCc3ccccc3)[C@H](OCc3ccccc3)[C@H]2CC(C)=O)[C@@H](OCc2ccccc2)[C@H](OCc2ccccc2)[C@H]1OCc1ccccc1. The molecule has 0 bridgehead atoms. The zero-order valence-electron chi connectivity index (χ0n) is 39.4. The van der Waals surface area contributed by atoms with Gasteiger partial charge < -0.3 is 52.2 Å². The van der Waals surface area contributed by atoms with Crippen LogP contribution in [0, 0.1) is 5.92 Å². The molecule has 11 heteroatoms. The Morgan fingerprint density at radius 2 is 0.725 bits per heavy atom. The smallest absolute Gasteiger partial charge is 0.186 e. The van der Waals surface area contributed by atoms with Crippen molar-refractivity contribution in [2.75, 3.05) is 20.3 Å². The van der Waals surface area contributed by atoms with Gasteiger partial charge >= 0.3 is 0 Å². The van der Waals surface area contributed by atoms with Crippen molar-refractivity contribution in [2.24, 2.45) is 5.92 Å². The molecule has 0 N–H and O–H groups in total. The minimum absolute atomic E-state index is 0.0203. The number of carbonyl (C=O) groups excluding carboxylic acids is 1. The van der Waals surface area contributed by atoms with Gasteiger partial charge in [-0.05, 0) is 40.3 Å². The highest BCUT2D eigenvalue weighted by atomic mass is 16.7. The molecular formula is C58H64O11. The van der Waals surface area contributed by atoms with Gasteiger partial charge in [-0.3, -0.25) is 0 Å². The Morgan fingerprint density at radius 1 is 0.391 bits per heavy atom. The third-order valence-corrected chi connectivity index (χ3v) is 12.4. The molecule has 0 aromatic heterocycles. The fraction of sp³-hybridized carbons (Fsp3) is 0.362. The van der Waals surface area contributed by atoms with Crippen molar-refractivity contribution in [1.29, 1.82) is 0 Å². The highest BCUT2D eigenvalue weighted by Gasteiger charge is 2.52. The number of benzene rings is 6. The number of hydrogen-bond donors (Lipinski definition) is 0. The Bertz CT molecular complexity index is 2340. The summed E-state index contributed by atoms with van der Waals surface area (Å²) in [5.74, 6) is -0.633. The van der Waals surface area contributed by atoms with Crippen molar-refractivity contribution in [3.05, 3.63) is 215 Å². The largest absolute Gasteiger partial charge is 0.374 e. The summed E-state index contributed by atoms with van der Waals surface area (Å²) in [6.07, 6.45) is -6.50. The van der Waals surface area contributed by atoms with Crippen molar-refractivity contribution >= 4 is 5.78 Å². The van der Waals surface area contributed by atoms with Crippen LogP contribution in [0.1, 0.15) is 46.7 Å². The zero-order valence-corrected chi connectivity index (χ0v) is 39.4. The van der Waals surface area contributed by atoms with E-state index in [1.165, 1.54) is 0 Å². The second kappa shape index (κ2) is 26.5. The lowest BCUT2D eigenvalue weighted by molar-refractivity contribution is -0.341. The number of ether oxygens (including phenoxy) is 10. The molecule has 2 fully saturated rings. The Kier molecular flexibility index (Phi) is 19.2. The van der Waals surface area contributed by atoms with Crippen LogP contribution in [0.4, 0.5) is 0 Å². The number of ketones is 1. The van der Waals surface area contributed by atoms with Gasteiger partial charge in [-0.15, -0.1) is 0 Å². The summed E-state index contributed by atoms with van der Waals surface area (Å²) in [5.41, 5.74) is 5.95. The van der Waals surface area contributed by atoms with E-state index >= 15 is 0 Å². The molecule has 0 radical (unpaired) electrons. The lowest BCUT2D eigenvalue weighted by atomic mass is 9.86. The predicted molar refractivity (Wildman–Crippen MR) is 260 cm³/mol. The summed E-state index contributed by atoms with van der Waals surface area (Å²) in [7, 11) is 1.60. The molecule has 1 unspecified atom stereocenters. The van der Waals surface area contributed by atoms with Gasteiger partial charge in [-0.2, -0.15) is 0 Å². The first kappa shape index (κ1) is 50.0. The average Bonchev–Trinajstić information content (AvgIpc) is 3.39. The molecule has 6 aromatic carbocycles. The summed E-state index contributed by atoms with van der Waals surface area (Å²) < 4.78 is 67.4. The summed E-state index contributed by atoms with van der Waals surface area (Å²) in [4.78, 5) is 13.3. The van der Waals surface area contributed by atoms with E-state index in [-0.39, 0.29) is 45.2 Å². The Balaban J connectivity index is 1.11. The number of rotatable bonds is 25. The Morgan fingerprint density at radius 3 is 1.13 bits per heavy atom. The quantitative estimate of drug-likeness (QED) is 0.0548. The van der Waals surface area contributed by atoms with Crippen molar-refractivity contribution in [1.82, 2.24) is 0 Å². The van der Waals surface area contributed by atoms with E-state index in [0.717, 1.165) is 33.4 Å². The van der Waals surface area contributed by atoms with E-state index in [1.54, 1.807) is 14.0 Å². The molecule has 2 heterocycles. The van der Waals surface area contributed by atoms with Crippen LogP contribution in [0.3, 0.4) is 0 Å². The fourth-order valence-corrected chi connectivity index (χ4v) is 8.88. The molecule has 11 nitrogen and oxygen atoms in total. The summed E-state index contributed by atoms with van der Waals surface area (Å²) in [5, 5.41) is 0. The van der Waals surface area contributed by atoms with Crippen LogP contribution < -0.4 is 0 Å². The van der Waals surface area contributed by atoms with Crippen molar-refractivity contribution in [3.8, 4) is 0 Å². The molecule has 2 saturated heterocycles. The average molecular weight is 937 g/mol. The molecule has 8 rings (SSSR count). The van der Waals surface area contributed by atoms with Crippen LogP contribution in [0.5, 0.6) is 0 Å². The molecule has 10 atom stereocenters. The van der Waals surface area contributed by atoms with Crippen LogP contribution in [0.25, 0.3) is 0 Å². The van der Waals surface area contributed by atoms with E-state index in [9.17, 15) is 4.79 Å². The lowest BCUT2D eigenvalue weighted by Crippen LogP contribution is -2.62. The van der Waals surface area contributed by atoms with Gasteiger partial charge in [0, 0.05) is 19.4 Å². The van der Waals surface area contributed by atoms with Gasteiger partial charge in [0.1, 0.15) is 42.4 Å². The van der Waals surface area contributed by atoms with Gasteiger partial charge in [0.2, 0.25) is 0 Å². The molecule has 6 aromatic rings. The normalized spacial score (nSPS) is 24.7. The predicted octanol–water partition coefficient (Wildman–Crippen LogP) is 9.84. The summed E-state index contributed by atoms with van der Waals surface area (Å²) in [6, 6.07) is 59.9. The lowest BCUT2D eigenvalue weighted by Gasteiger charge is -2.48. The molecule has 0 aliphatic carbocycles. The highest BCUT2D eigenvalue weighted by molar-refractivity contribution is 5.75.